The minimum Gasteiger partial charge on any atom is -0.341 e. The largest absolute Gasteiger partial charge is 0.341 e. The van der Waals surface area contributed by atoms with Crippen LogP contribution in [0.2, 0.25) is 0 Å². The highest BCUT2D eigenvalue weighted by atomic mass is 19.1. The van der Waals surface area contributed by atoms with Crippen molar-refractivity contribution in [3.63, 3.8) is 0 Å². The molecule has 0 radical (unpaired) electrons. The molecule has 1 N–H and O–H groups in total. The van der Waals surface area contributed by atoms with E-state index in [-0.39, 0.29) is 17.3 Å². The first-order valence-corrected chi connectivity index (χ1v) is 9.05. The molecule has 0 bridgehead atoms. The summed E-state index contributed by atoms with van der Waals surface area (Å²) < 4.78 is 28.5. The van der Waals surface area contributed by atoms with Gasteiger partial charge in [-0.3, -0.25) is 9.59 Å². The first-order valence-electron chi connectivity index (χ1n) is 9.05. The summed E-state index contributed by atoms with van der Waals surface area (Å²) in [6.07, 6.45) is 0.763. The van der Waals surface area contributed by atoms with Crippen molar-refractivity contribution < 1.29 is 18.4 Å². The quantitative estimate of drug-likeness (QED) is 0.738. The Kier molecular flexibility index (Phi) is 4.62. The van der Waals surface area contributed by atoms with Crippen LogP contribution in [-0.4, -0.2) is 40.1 Å². The van der Waals surface area contributed by atoms with Gasteiger partial charge in [0.1, 0.15) is 11.5 Å². The number of aromatic nitrogens is 2. The lowest BCUT2D eigenvalue weighted by molar-refractivity contribution is 0.0780. The van der Waals surface area contributed by atoms with Gasteiger partial charge in [0.15, 0.2) is 11.5 Å². The Morgan fingerprint density at radius 3 is 2.69 bits per heavy atom. The molecule has 0 fully saturated rings. The maximum atomic E-state index is 14.1. The van der Waals surface area contributed by atoms with Crippen LogP contribution in [0.1, 0.15) is 32.1 Å². The minimum atomic E-state index is -0.777. The van der Waals surface area contributed by atoms with Gasteiger partial charge in [-0.1, -0.05) is 6.07 Å². The molecule has 8 heteroatoms. The molecule has 1 aromatic heterocycles. The summed E-state index contributed by atoms with van der Waals surface area (Å²) >= 11 is 0. The number of nitrogens with one attached hydrogen (secondary N) is 1. The number of halogens is 2. The monoisotopic (exact) mass is 396 g/mol. The Hall–Kier alpha value is -3.55. The van der Waals surface area contributed by atoms with E-state index >= 15 is 0 Å². The van der Waals surface area contributed by atoms with Crippen LogP contribution in [-0.2, 0) is 6.42 Å². The third-order valence-electron chi connectivity index (χ3n) is 4.92. The third-order valence-corrected chi connectivity index (χ3v) is 4.92. The van der Waals surface area contributed by atoms with Gasteiger partial charge in [0, 0.05) is 36.6 Å². The molecule has 3 aromatic rings. The van der Waals surface area contributed by atoms with Gasteiger partial charge >= 0.3 is 0 Å². The predicted octanol–water partition coefficient (Wildman–Crippen LogP) is 3.34. The molecule has 1 aliphatic rings. The van der Waals surface area contributed by atoms with E-state index in [0.717, 1.165) is 24.1 Å². The Morgan fingerprint density at radius 1 is 1.14 bits per heavy atom. The number of hydrogen-bond acceptors (Lipinski definition) is 3. The number of anilines is 1. The average Bonchev–Trinajstić information content (AvgIpc) is 3.07. The average molecular weight is 396 g/mol. The first-order chi connectivity index (χ1) is 13.8. The van der Waals surface area contributed by atoms with E-state index in [2.05, 4.69) is 10.4 Å². The SMILES string of the molecule is Cc1cc(C(=O)Nc2ccc3c(c2)C(=O)N(C)CC3)nn1-c1ccc(F)cc1F. The van der Waals surface area contributed by atoms with Crippen LogP contribution in [0, 0.1) is 18.6 Å². The van der Waals surface area contributed by atoms with Gasteiger partial charge in [0.2, 0.25) is 0 Å². The fraction of sp³-hybridized carbons (Fsp3) is 0.190. The standard InChI is InChI=1S/C21H18F2N4O2/c1-12-9-18(25-27(12)19-6-4-14(22)10-17(19)23)20(28)24-15-5-3-13-7-8-26(2)21(29)16(13)11-15/h3-6,9-11H,7-8H2,1-2H3,(H,24,28). The lowest BCUT2D eigenvalue weighted by atomic mass is 9.98. The molecule has 6 nitrogen and oxygen atoms in total. The molecule has 148 valence electrons. The van der Waals surface area contributed by atoms with Crippen LogP contribution < -0.4 is 5.32 Å². The highest BCUT2D eigenvalue weighted by Gasteiger charge is 2.22. The van der Waals surface area contributed by atoms with Crippen molar-refractivity contribution in [1.29, 1.82) is 0 Å². The van der Waals surface area contributed by atoms with Crippen LogP contribution >= 0.6 is 0 Å². The van der Waals surface area contributed by atoms with Gasteiger partial charge in [0.05, 0.1) is 0 Å². The summed E-state index contributed by atoms with van der Waals surface area (Å²) in [6.45, 7) is 2.33. The molecule has 0 unspecified atom stereocenters. The molecule has 2 heterocycles. The van der Waals surface area contributed by atoms with Gasteiger partial charge in [-0.05, 0) is 49.2 Å². The number of aryl methyl sites for hydroxylation is 1. The number of amides is 2. The second-order valence-electron chi connectivity index (χ2n) is 6.98. The van der Waals surface area contributed by atoms with E-state index in [0.29, 0.717) is 23.5 Å². The van der Waals surface area contributed by atoms with Crippen LogP contribution in [0.3, 0.4) is 0 Å². The Labute approximate surface area is 165 Å². The maximum absolute atomic E-state index is 14.1. The topological polar surface area (TPSA) is 67.2 Å². The van der Waals surface area contributed by atoms with E-state index in [4.69, 9.17) is 0 Å². The molecule has 2 aromatic carbocycles. The molecular weight excluding hydrogens is 378 g/mol. The molecule has 1 aliphatic heterocycles. The fourth-order valence-electron chi connectivity index (χ4n) is 3.34. The van der Waals surface area contributed by atoms with Crippen molar-refractivity contribution in [2.75, 3.05) is 18.9 Å². The van der Waals surface area contributed by atoms with E-state index in [1.165, 1.54) is 16.8 Å². The zero-order valence-corrected chi connectivity index (χ0v) is 15.9. The lowest BCUT2D eigenvalue weighted by Crippen LogP contribution is -2.34. The number of rotatable bonds is 3. The molecule has 0 aliphatic carbocycles. The molecule has 4 rings (SSSR count). The van der Waals surface area contributed by atoms with Gasteiger partial charge < -0.3 is 10.2 Å². The van der Waals surface area contributed by atoms with Crippen LogP contribution in [0.4, 0.5) is 14.5 Å². The summed E-state index contributed by atoms with van der Waals surface area (Å²) in [5, 5.41) is 6.87. The summed E-state index contributed by atoms with van der Waals surface area (Å²) in [5.74, 6) is -2.05. The predicted molar refractivity (Wildman–Crippen MR) is 103 cm³/mol. The van der Waals surface area contributed by atoms with Gasteiger partial charge in [-0.25, -0.2) is 13.5 Å². The number of carbonyl (C=O) groups excluding carboxylic acids is 2. The smallest absolute Gasteiger partial charge is 0.276 e. The van der Waals surface area contributed by atoms with Crippen molar-refractivity contribution in [2.45, 2.75) is 13.3 Å². The summed E-state index contributed by atoms with van der Waals surface area (Å²) in [7, 11) is 1.74. The highest BCUT2D eigenvalue weighted by Crippen LogP contribution is 2.23. The molecule has 0 saturated heterocycles. The maximum Gasteiger partial charge on any atom is 0.276 e. The van der Waals surface area contributed by atoms with E-state index in [9.17, 15) is 18.4 Å². The van der Waals surface area contributed by atoms with E-state index < -0.39 is 17.5 Å². The first kappa shape index (κ1) is 18.8. The van der Waals surface area contributed by atoms with Crippen molar-refractivity contribution in [3.8, 4) is 5.69 Å². The van der Waals surface area contributed by atoms with Gasteiger partial charge in [0.25, 0.3) is 11.8 Å². The van der Waals surface area contributed by atoms with Crippen molar-refractivity contribution in [2.24, 2.45) is 0 Å². The zero-order valence-electron chi connectivity index (χ0n) is 15.9. The van der Waals surface area contributed by atoms with Crippen LogP contribution in [0.15, 0.2) is 42.5 Å². The number of hydrogen-bond donors (Lipinski definition) is 1. The fourth-order valence-corrected chi connectivity index (χ4v) is 3.34. The van der Waals surface area contributed by atoms with E-state index in [1.807, 2.05) is 6.07 Å². The lowest BCUT2D eigenvalue weighted by Gasteiger charge is -2.25. The zero-order chi connectivity index (χ0) is 20.7. The van der Waals surface area contributed by atoms with Crippen LogP contribution in [0.25, 0.3) is 5.69 Å². The molecule has 0 spiro atoms. The number of fused-ring (bicyclic) bond motifs is 1. The molecule has 29 heavy (non-hydrogen) atoms. The van der Waals surface area contributed by atoms with Crippen molar-refractivity contribution >= 4 is 17.5 Å². The number of likely N-dealkylation sites (N-methyl/N-ethyl adjacent to an activating group) is 1. The second-order valence-corrected chi connectivity index (χ2v) is 6.98. The molecule has 2 amide bonds. The molecule has 0 saturated carbocycles. The summed E-state index contributed by atoms with van der Waals surface area (Å²) in [4.78, 5) is 26.6. The summed E-state index contributed by atoms with van der Waals surface area (Å²) in [5.41, 5.74) is 2.61. The normalized spacial score (nSPS) is 13.4. The Balaban J connectivity index is 1.59. The molecular formula is C21H18F2N4O2. The third kappa shape index (κ3) is 3.49. The number of benzene rings is 2. The van der Waals surface area contributed by atoms with Crippen molar-refractivity contribution in [3.05, 3.63) is 76.6 Å². The van der Waals surface area contributed by atoms with Gasteiger partial charge in [-0.15, -0.1) is 0 Å². The minimum absolute atomic E-state index is 0.0466. The Bertz CT molecular complexity index is 1140. The number of nitrogens with zero attached hydrogens (tertiary/aromatic N) is 3. The van der Waals surface area contributed by atoms with Crippen LogP contribution in [0.5, 0.6) is 0 Å². The van der Waals surface area contributed by atoms with Crippen molar-refractivity contribution in [1.82, 2.24) is 14.7 Å². The summed E-state index contributed by atoms with van der Waals surface area (Å²) in [6, 6.07) is 9.87. The number of carbonyl (C=O) groups is 2. The second kappa shape index (κ2) is 7.12. The highest BCUT2D eigenvalue weighted by molar-refractivity contribution is 6.04. The van der Waals surface area contributed by atoms with Gasteiger partial charge in [-0.2, -0.15) is 5.10 Å². The Morgan fingerprint density at radius 2 is 1.93 bits per heavy atom. The van der Waals surface area contributed by atoms with E-state index in [1.54, 1.807) is 31.0 Å². The molecule has 0 atom stereocenters.